The van der Waals surface area contributed by atoms with Gasteiger partial charge in [-0.3, -0.25) is 4.99 Å². The van der Waals surface area contributed by atoms with E-state index in [2.05, 4.69) is 30.2 Å². The topological polar surface area (TPSA) is 48.2 Å². The van der Waals surface area contributed by atoms with E-state index in [0.717, 1.165) is 24.0 Å². The number of nitrogens with one attached hydrogen (secondary N) is 1. The number of nitriles is 1. The molecule has 1 aliphatic rings. The summed E-state index contributed by atoms with van der Waals surface area (Å²) < 4.78 is 0. The molecular weight excluding hydrogens is 266 g/mol. The summed E-state index contributed by atoms with van der Waals surface area (Å²) in [6.45, 7) is 6.22. The van der Waals surface area contributed by atoms with Crippen molar-refractivity contribution in [1.82, 2.24) is 5.32 Å². The smallest absolute Gasteiger partial charge is 0.156 e. The fourth-order valence-corrected chi connectivity index (χ4v) is 3.48. The summed E-state index contributed by atoms with van der Waals surface area (Å²) in [4.78, 5) is 4.69. The molecule has 0 saturated carbocycles. The Balaban J connectivity index is 1.89. The predicted octanol–water partition coefficient (Wildman–Crippen LogP) is 3.56. The van der Waals surface area contributed by atoms with Crippen molar-refractivity contribution in [2.24, 2.45) is 10.4 Å². The molecule has 0 fully saturated rings. The summed E-state index contributed by atoms with van der Waals surface area (Å²) in [6.07, 6.45) is 2.39. The second kappa shape index (κ2) is 6.81. The maximum atomic E-state index is 8.77. The second-order valence-electron chi connectivity index (χ2n) is 5.28. The SMILES string of the molecule is CCC1(CC)CN=C(NCc2ccc(C#N)cc2)SC1. The highest BCUT2D eigenvalue weighted by Crippen LogP contribution is 2.34. The van der Waals surface area contributed by atoms with Crippen LogP contribution in [0.2, 0.25) is 0 Å². The number of nitrogens with zero attached hydrogens (tertiary/aromatic N) is 2. The van der Waals surface area contributed by atoms with Crippen LogP contribution in [0.1, 0.15) is 37.8 Å². The number of thioether (sulfide) groups is 1. The van der Waals surface area contributed by atoms with Gasteiger partial charge in [0, 0.05) is 18.8 Å². The molecule has 1 heterocycles. The highest BCUT2D eigenvalue weighted by Gasteiger charge is 2.29. The van der Waals surface area contributed by atoms with Crippen LogP contribution in [-0.4, -0.2) is 17.5 Å². The number of hydrogen-bond donors (Lipinski definition) is 1. The molecule has 1 aliphatic heterocycles. The molecule has 0 aromatic heterocycles. The monoisotopic (exact) mass is 287 g/mol. The third kappa shape index (κ3) is 3.55. The Morgan fingerprint density at radius 3 is 2.50 bits per heavy atom. The Kier molecular flexibility index (Phi) is 5.08. The minimum Gasteiger partial charge on any atom is -0.361 e. The lowest BCUT2D eigenvalue weighted by Crippen LogP contribution is -2.34. The molecule has 1 aromatic carbocycles. The molecule has 0 unspecified atom stereocenters. The summed E-state index contributed by atoms with van der Waals surface area (Å²) in [6, 6.07) is 9.82. The summed E-state index contributed by atoms with van der Waals surface area (Å²) in [7, 11) is 0. The normalized spacial score (nSPS) is 17.1. The highest BCUT2D eigenvalue weighted by molar-refractivity contribution is 8.13. The Labute approximate surface area is 125 Å². The van der Waals surface area contributed by atoms with E-state index < -0.39 is 0 Å². The molecule has 0 bridgehead atoms. The van der Waals surface area contributed by atoms with Crippen LogP contribution < -0.4 is 5.32 Å². The van der Waals surface area contributed by atoms with Crippen molar-refractivity contribution in [3.8, 4) is 6.07 Å². The maximum absolute atomic E-state index is 8.77. The largest absolute Gasteiger partial charge is 0.361 e. The number of benzene rings is 1. The number of aliphatic imine (C=N–C) groups is 1. The summed E-state index contributed by atoms with van der Waals surface area (Å²) in [5, 5.41) is 13.2. The van der Waals surface area contributed by atoms with E-state index in [4.69, 9.17) is 5.26 Å². The maximum Gasteiger partial charge on any atom is 0.156 e. The first-order valence-corrected chi connectivity index (χ1v) is 8.10. The first kappa shape index (κ1) is 14.9. The van der Waals surface area contributed by atoms with Crippen LogP contribution in [-0.2, 0) is 6.54 Å². The van der Waals surface area contributed by atoms with Crippen molar-refractivity contribution >= 4 is 16.9 Å². The Morgan fingerprint density at radius 2 is 2.00 bits per heavy atom. The van der Waals surface area contributed by atoms with Gasteiger partial charge < -0.3 is 5.32 Å². The molecule has 0 saturated heterocycles. The fraction of sp³-hybridized carbons (Fsp3) is 0.500. The van der Waals surface area contributed by atoms with Gasteiger partial charge in [-0.25, -0.2) is 0 Å². The third-order valence-corrected chi connectivity index (χ3v) is 5.40. The molecule has 1 N–H and O–H groups in total. The molecule has 0 radical (unpaired) electrons. The Morgan fingerprint density at radius 1 is 1.30 bits per heavy atom. The van der Waals surface area contributed by atoms with Gasteiger partial charge >= 0.3 is 0 Å². The van der Waals surface area contributed by atoms with Gasteiger partial charge in [-0.2, -0.15) is 5.26 Å². The van der Waals surface area contributed by atoms with Crippen LogP contribution in [0, 0.1) is 16.7 Å². The summed E-state index contributed by atoms with van der Waals surface area (Å²) in [5.41, 5.74) is 2.27. The summed E-state index contributed by atoms with van der Waals surface area (Å²) >= 11 is 1.83. The molecule has 106 valence electrons. The second-order valence-corrected chi connectivity index (χ2v) is 6.24. The molecule has 0 atom stereocenters. The minimum atomic E-state index is 0.393. The van der Waals surface area contributed by atoms with Crippen LogP contribution in [0.25, 0.3) is 0 Å². The van der Waals surface area contributed by atoms with Crippen molar-refractivity contribution in [3.05, 3.63) is 35.4 Å². The van der Waals surface area contributed by atoms with E-state index in [-0.39, 0.29) is 0 Å². The average Bonchev–Trinajstić information content (AvgIpc) is 2.54. The van der Waals surface area contributed by atoms with Gasteiger partial charge in [0.25, 0.3) is 0 Å². The zero-order valence-corrected chi connectivity index (χ0v) is 13.0. The molecule has 1 aromatic rings. The van der Waals surface area contributed by atoms with E-state index >= 15 is 0 Å². The molecular formula is C16H21N3S. The van der Waals surface area contributed by atoms with Gasteiger partial charge in [-0.1, -0.05) is 37.7 Å². The Hall–Kier alpha value is -1.47. The van der Waals surface area contributed by atoms with Gasteiger partial charge in [-0.15, -0.1) is 0 Å². The standard InChI is InChI=1S/C16H21N3S/c1-3-16(4-2)11-19-15(20-12-16)18-10-14-7-5-13(9-17)6-8-14/h5-8H,3-4,10-12H2,1-2H3,(H,18,19). The van der Waals surface area contributed by atoms with Crippen molar-refractivity contribution in [3.63, 3.8) is 0 Å². The lowest BCUT2D eigenvalue weighted by atomic mass is 9.84. The van der Waals surface area contributed by atoms with Gasteiger partial charge in [-0.05, 0) is 36.0 Å². The molecule has 0 aliphatic carbocycles. The lowest BCUT2D eigenvalue weighted by Gasteiger charge is -2.33. The number of rotatable bonds is 4. The summed E-state index contributed by atoms with van der Waals surface area (Å²) in [5.74, 6) is 1.15. The first-order chi connectivity index (χ1) is 9.71. The van der Waals surface area contributed by atoms with Crippen molar-refractivity contribution in [2.45, 2.75) is 33.2 Å². The van der Waals surface area contributed by atoms with E-state index in [1.807, 2.05) is 36.0 Å². The van der Waals surface area contributed by atoms with Gasteiger partial charge in [0.15, 0.2) is 5.17 Å². The van der Waals surface area contributed by atoms with Crippen molar-refractivity contribution in [2.75, 3.05) is 12.3 Å². The van der Waals surface area contributed by atoms with Gasteiger partial charge in [0.1, 0.15) is 0 Å². The van der Waals surface area contributed by atoms with Crippen LogP contribution in [0.15, 0.2) is 29.3 Å². The van der Waals surface area contributed by atoms with Crippen molar-refractivity contribution in [1.29, 1.82) is 5.26 Å². The highest BCUT2D eigenvalue weighted by atomic mass is 32.2. The van der Waals surface area contributed by atoms with Crippen molar-refractivity contribution < 1.29 is 0 Å². The molecule has 3 nitrogen and oxygen atoms in total. The Bertz CT molecular complexity index is 510. The molecule has 20 heavy (non-hydrogen) atoms. The lowest BCUT2D eigenvalue weighted by molar-refractivity contribution is 0.318. The fourth-order valence-electron chi connectivity index (χ4n) is 2.21. The van der Waals surface area contributed by atoms with Crippen LogP contribution >= 0.6 is 11.8 Å². The van der Waals surface area contributed by atoms with Crippen LogP contribution in [0.3, 0.4) is 0 Å². The first-order valence-electron chi connectivity index (χ1n) is 7.11. The molecule has 2 rings (SSSR count). The quantitative estimate of drug-likeness (QED) is 0.921. The zero-order valence-electron chi connectivity index (χ0n) is 12.1. The average molecular weight is 287 g/mol. The van der Waals surface area contributed by atoms with Crippen LogP contribution in [0.5, 0.6) is 0 Å². The van der Waals surface area contributed by atoms with E-state index in [1.54, 1.807) is 0 Å². The molecule has 4 heteroatoms. The van der Waals surface area contributed by atoms with Crippen LogP contribution in [0.4, 0.5) is 0 Å². The van der Waals surface area contributed by atoms with E-state index in [0.29, 0.717) is 11.0 Å². The van der Waals surface area contributed by atoms with Gasteiger partial charge in [0.2, 0.25) is 0 Å². The molecule has 0 spiro atoms. The number of amidine groups is 1. The molecule has 0 amide bonds. The third-order valence-electron chi connectivity index (χ3n) is 4.10. The predicted molar refractivity (Wildman–Crippen MR) is 85.8 cm³/mol. The van der Waals surface area contributed by atoms with Gasteiger partial charge in [0.05, 0.1) is 11.6 Å². The van der Waals surface area contributed by atoms with E-state index in [9.17, 15) is 0 Å². The van der Waals surface area contributed by atoms with E-state index in [1.165, 1.54) is 18.4 Å². The minimum absolute atomic E-state index is 0.393. The number of hydrogen-bond acceptors (Lipinski definition) is 4. The zero-order chi connectivity index (χ0) is 14.4.